The summed E-state index contributed by atoms with van der Waals surface area (Å²) in [5.74, 6) is 1.47. The Morgan fingerprint density at radius 1 is 1.33 bits per heavy atom. The first-order chi connectivity index (χ1) is 10.2. The van der Waals surface area contributed by atoms with Crippen LogP contribution >= 0.6 is 15.9 Å². The second-order valence-electron chi connectivity index (χ2n) is 6.33. The van der Waals surface area contributed by atoms with Crippen molar-refractivity contribution < 1.29 is 0 Å². The quantitative estimate of drug-likeness (QED) is 0.925. The van der Waals surface area contributed by atoms with Gasteiger partial charge in [-0.15, -0.1) is 5.10 Å². The minimum atomic E-state index is 0.730. The first kappa shape index (κ1) is 13.5. The van der Waals surface area contributed by atoms with Crippen molar-refractivity contribution in [3.63, 3.8) is 0 Å². The highest BCUT2D eigenvalue weighted by Crippen LogP contribution is 2.37. The Hall–Kier alpha value is -1.14. The van der Waals surface area contributed by atoms with Gasteiger partial charge in [-0.2, -0.15) is 4.98 Å². The van der Waals surface area contributed by atoms with Crippen molar-refractivity contribution in [2.75, 3.05) is 18.9 Å². The van der Waals surface area contributed by atoms with Gasteiger partial charge in [0.25, 0.3) is 0 Å². The standard InChI is InChI=1S/C15H20BrN5/c1-20-11-4-5-12(20)8-10(7-11)9-17-15-18-14-13(16)3-2-6-21(14)19-15/h2-3,6,10-12H,4-5,7-9H2,1H3,(H,17,19). The van der Waals surface area contributed by atoms with Crippen molar-refractivity contribution in [1.82, 2.24) is 19.5 Å². The zero-order valence-electron chi connectivity index (χ0n) is 12.2. The molecule has 2 unspecified atom stereocenters. The number of rotatable bonds is 3. The van der Waals surface area contributed by atoms with E-state index < -0.39 is 0 Å². The molecule has 2 fully saturated rings. The molecule has 2 aromatic rings. The summed E-state index contributed by atoms with van der Waals surface area (Å²) in [4.78, 5) is 7.13. The molecule has 0 saturated carbocycles. The van der Waals surface area contributed by atoms with Gasteiger partial charge in [0, 0.05) is 24.8 Å². The van der Waals surface area contributed by atoms with E-state index >= 15 is 0 Å². The molecular formula is C15H20BrN5. The lowest BCUT2D eigenvalue weighted by Crippen LogP contribution is -2.41. The van der Waals surface area contributed by atoms with Crippen molar-refractivity contribution in [3.8, 4) is 0 Å². The molecule has 112 valence electrons. The van der Waals surface area contributed by atoms with Crippen molar-refractivity contribution in [3.05, 3.63) is 22.8 Å². The van der Waals surface area contributed by atoms with Crippen LogP contribution in [0.2, 0.25) is 0 Å². The molecule has 0 radical (unpaired) electrons. The summed E-state index contributed by atoms with van der Waals surface area (Å²) in [6.45, 7) is 0.981. The fourth-order valence-electron chi connectivity index (χ4n) is 3.88. The Bertz CT molecular complexity index is 641. The molecule has 2 bridgehead atoms. The minimum absolute atomic E-state index is 0.730. The van der Waals surface area contributed by atoms with Crippen molar-refractivity contribution in [2.24, 2.45) is 5.92 Å². The molecule has 0 amide bonds. The zero-order valence-corrected chi connectivity index (χ0v) is 13.8. The molecule has 2 aliphatic heterocycles. The Morgan fingerprint density at radius 3 is 2.81 bits per heavy atom. The van der Waals surface area contributed by atoms with Crippen molar-refractivity contribution in [1.29, 1.82) is 0 Å². The molecule has 2 atom stereocenters. The van der Waals surface area contributed by atoms with Gasteiger partial charge in [-0.05, 0) is 66.7 Å². The third-order valence-corrected chi connectivity index (χ3v) is 5.68. The summed E-state index contributed by atoms with van der Waals surface area (Å²) in [6, 6.07) is 5.53. The molecule has 1 N–H and O–H groups in total. The summed E-state index contributed by atoms with van der Waals surface area (Å²) < 4.78 is 2.79. The van der Waals surface area contributed by atoms with Crippen LogP contribution in [0, 0.1) is 5.92 Å². The van der Waals surface area contributed by atoms with Gasteiger partial charge >= 0.3 is 0 Å². The van der Waals surface area contributed by atoms with E-state index in [1.54, 1.807) is 0 Å². The van der Waals surface area contributed by atoms with Crippen LogP contribution in [0.4, 0.5) is 5.95 Å². The zero-order chi connectivity index (χ0) is 14.4. The molecule has 21 heavy (non-hydrogen) atoms. The van der Waals surface area contributed by atoms with Gasteiger partial charge in [0.2, 0.25) is 5.95 Å². The summed E-state index contributed by atoms with van der Waals surface area (Å²) in [5, 5.41) is 7.91. The molecule has 2 aromatic heterocycles. The van der Waals surface area contributed by atoms with Gasteiger partial charge < -0.3 is 10.2 Å². The number of nitrogens with zero attached hydrogens (tertiary/aromatic N) is 4. The van der Waals surface area contributed by atoms with Crippen molar-refractivity contribution in [2.45, 2.75) is 37.8 Å². The fraction of sp³-hybridized carbons (Fsp3) is 0.600. The van der Waals surface area contributed by atoms with Crippen LogP contribution in [0.15, 0.2) is 22.8 Å². The maximum absolute atomic E-state index is 4.55. The van der Waals surface area contributed by atoms with Gasteiger partial charge in [-0.1, -0.05) is 0 Å². The van der Waals surface area contributed by atoms with Crippen LogP contribution < -0.4 is 5.32 Å². The van der Waals surface area contributed by atoms with Gasteiger partial charge in [-0.3, -0.25) is 0 Å². The molecule has 2 aliphatic rings. The molecule has 0 spiro atoms. The molecule has 5 nitrogen and oxygen atoms in total. The van der Waals surface area contributed by atoms with Gasteiger partial charge in [0.1, 0.15) is 0 Å². The highest BCUT2D eigenvalue weighted by molar-refractivity contribution is 9.10. The summed E-state index contributed by atoms with van der Waals surface area (Å²) in [6.07, 6.45) is 7.27. The largest absolute Gasteiger partial charge is 0.353 e. The van der Waals surface area contributed by atoms with Crippen LogP contribution in [0.1, 0.15) is 25.7 Å². The summed E-state index contributed by atoms with van der Waals surface area (Å²) in [5.41, 5.74) is 0.864. The second-order valence-corrected chi connectivity index (χ2v) is 7.18. The first-order valence-corrected chi connectivity index (χ1v) is 8.46. The molecule has 4 rings (SSSR count). The number of hydrogen-bond acceptors (Lipinski definition) is 4. The van der Waals surface area contributed by atoms with Crippen LogP contribution in [0.5, 0.6) is 0 Å². The number of pyridine rings is 1. The van der Waals surface area contributed by atoms with Crippen LogP contribution in [0.25, 0.3) is 5.65 Å². The van der Waals surface area contributed by atoms with Gasteiger partial charge in [0.05, 0.1) is 4.47 Å². The van der Waals surface area contributed by atoms with E-state index in [1.165, 1.54) is 25.7 Å². The van der Waals surface area contributed by atoms with Crippen LogP contribution in [-0.2, 0) is 0 Å². The Labute approximate surface area is 132 Å². The molecule has 6 heteroatoms. The van der Waals surface area contributed by atoms with Crippen LogP contribution in [-0.4, -0.2) is 45.2 Å². The average Bonchev–Trinajstić information content (AvgIpc) is 2.96. The summed E-state index contributed by atoms with van der Waals surface area (Å²) in [7, 11) is 2.28. The Morgan fingerprint density at radius 2 is 2.10 bits per heavy atom. The Kier molecular flexibility index (Phi) is 3.38. The Balaban J connectivity index is 1.43. The monoisotopic (exact) mass is 349 g/mol. The number of aromatic nitrogens is 3. The molecule has 0 aromatic carbocycles. The number of piperidine rings is 1. The highest BCUT2D eigenvalue weighted by atomic mass is 79.9. The maximum Gasteiger partial charge on any atom is 0.243 e. The van der Waals surface area contributed by atoms with Crippen LogP contribution in [0.3, 0.4) is 0 Å². The lowest BCUT2D eigenvalue weighted by atomic mass is 9.91. The second kappa shape index (κ2) is 5.25. The predicted octanol–water partition coefficient (Wildman–Crippen LogP) is 2.78. The number of hydrogen-bond donors (Lipinski definition) is 1. The van der Waals surface area contributed by atoms with Crippen molar-refractivity contribution >= 4 is 27.5 Å². The molecule has 0 aliphatic carbocycles. The van der Waals surface area contributed by atoms with E-state index in [1.807, 2.05) is 22.8 Å². The normalized spacial score (nSPS) is 29.1. The number of nitrogens with one attached hydrogen (secondary N) is 1. The first-order valence-electron chi connectivity index (χ1n) is 7.67. The minimum Gasteiger partial charge on any atom is -0.353 e. The topological polar surface area (TPSA) is 45.5 Å². The van der Waals surface area contributed by atoms with E-state index in [9.17, 15) is 0 Å². The van der Waals surface area contributed by atoms with Gasteiger partial charge in [0.15, 0.2) is 5.65 Å². The van der Waals surface area contributed by atoms with E-state index in [4.69, 9.17) is 0 Å². The molecule has 2 saturated heterocycles. The molecular weight excluding hydrogens is 330 g/mol. The number of halogens is 1. The fourth-order valence-corrected chi connectivity index (χ4v) is 4.30. The lowest BCUT2D eigenvalue weighted by Gasteiger charge is -2.36. The number of anilines is 1. The smallest absolute Gasteiger partial charge is 0.243 e. The van der Waals surface area contributed by atoms with Gasteiger partial charge in [-0.25, -0.2) is 4.52 Å². The van der Waals surface area contributed by atoms with E-state index in [0.29, 0.717) is 0 Å². The average molecular weight is 350 g/mol. The van der Waals surface area contributed by atoms with E-state index in [0.717, 1.165) is 40.6 Å². The molecule has 4 heterocycles. The third kappa shape index (κ3) is 2.44. The van der Waals surface area contributed by atoms with E-state index in [2.05, 4.69) is 43.3 Å². The van der Waals surface area contributed by atoms with E-state index in [-0.39, 0.29) is 0 Å². The summed E-state index contributed by atoms with van der Waals surface area (Å²) >= 11 is 3.51. The lowest BCUT2D eigenvalue weighted by molar-refractivity contribution is 0.139. The SMILES string of the molecule is CN1C2CCC1CC(CNc1nc3c(Br)cccn3n1)C2. The predicted molar refractivity (Wildman–Crippen MR) is 86.5 cm³/mol. The highest BCUT2D eigenvalue weighted by Gasteiger charge is 2.38. The third-order valence-electron chi connectivity index (χ3n) is 5.06. The maximum atomic E-state index is 4.55. The number of fused-ring (bicyclic) bond motifs is 3.